The summed E-state index contributed by atoms with van der Waals surface area (Å²) < 4.78 is 1.86. The number of nitrogen functional groups attached to an aromatic ring is 1. The molecule has 1 aromatic rings. The van der Waals surface area contributed by atoms with E-state index in [9.17, 15) is 5.11 Å². The molecule has 0 aromatic carbocycles. The van der Waals surface area contributed by atoms with Gasteiger partial charge in [-0.05, 0) is 34.0 Å². The number of aliphatic hydroxyl groups is 1. The predicted molar refractivity (Wildman–Crippen MR) is 79.3 cm³/mol. The summed E-state index contributed by atoms with van der Waals surface area (Å²) in [6.45, 7) is 8.26. The number of hydrogen-bond donors (Lipinski definition) is 3. The van der Waals surface area contributed by atoms with Crippen LogP contribution in [0.3, 0.4) is 0 Å². The molecule has 0 bridgehead atoms. The van der Waals surface area contributed by atoms with E-state index >= 15 is 0 Å². The van der Waals surface area contributed by atoms with E-state index < -0.39 is 5.60 Å². The fourth-order valence-electron chi connectivity index (χ4n) is 1.75. The number of aryl methyl sites for hydroxylation is 1. The van der Waals surface area contributed by atoms with Crippen LogP contribution in [0.15, 0.2) is 0 Å². The molecular formula is C12H24N4OS. The number of nitrogens with one attached hydrogen (secondary N) is 1. The molecule has 4 N–H and O–H groups in total. The van der Waals surface area contributed by atoms with Gasteiger partial charge in [-0.25, -0.2) is 4.68 Å². The maximum absolute atomic E-state index is 10.1. The second-order valence-electron chi connectivity index (χ2n) is 5.17. The molecule has 1 aromatic heterocycles. The van der Waals surface area contributed by atoms with Crippen molar-refractivity contribution in [2.24, 2.45) is 0 Å². The lowest BCUT2D eigenvalue weighted by molar-refractivity contribution is 0.0995. The van der Waals surface area contributed by atoms with Crippen LogP contribution >= 0.6 is 11.8 Å². The van der Waals surface area contributed by atoms with Crippen molar-refractivity contribution in [1.29, 1.82) is 0 Å². The highest BCUT2D eigenvalue weighted by Gasteiger charge is 2.22. The average molecular weight is 272 g/mol. The van der Waals surface area contributed by atoms with Crippen LogP contribution in [-0.4, -0.2) is 39.0 Å². The molecule has 104 valence electrons. The van der Waals surface area contributed by atoms with Crippen molar-refractivity contribution in [2.45, 2.75) is 39.3 Å². The van der Waals surface area contributed by atoms with Crippen molar-refractivity contribution < 1.29 is 5.11 Å². The third-order valence-corrected chi connectivity index (χ3v) is 3.62. The van der Waals surface area contributed by atoms with E-state index in [1.54, 1.807) is 11.8 Å². The average Bonchev–Trinajstić information content (AvgIpc) is 2.53. The number of aromatic nitrogens is 2. The highest BCUT2D eigenvalue weighted by Crippen LogP contribution is 2.26. The minimum absolute atomic E-state index is 0.231. The molecule has 1 rings (SSSR count). The summed E-state index contributed by atoms with van der Waals surface area (Å²) in [6, 6.07) is 0.231. The smallest absolute Gasteiger partial charge is 0.148 e. The number of nitrogens with zero attached hydrogens (tertiary/aromatic N) is 2. The third-order valence-electron chi connectivity index (χ3n) is 2.71. The Balaban J connectivity index is 2.84. The molecule has 0 aliphatic carbocycles. The maximum atomic E-state index is 10.1. The summed E-state index contributed by atoms with van der Waals surface area (Å²) in [5, 5.41) is 17.8. The van der Waals surface area contributed by atoms with Gasteiger partial charge < -0.3 is 16.2 Å². The molecule has 1 atom stereocenters. The van der Waals surface area contributed by atoms with Crippen LogP contribution in [0.25, 0.3) is 0 Å². The molecule has 0 radical (unpaired) electrons. The SMILES string of the molecule is CSCC(C)(O)CNc1c(N)c(C)nn1C(C)C. The van der Waals surface area contributed by atoms with Crippen LogP contribution < -0.4 is 11.1 Å². The maximum Gasteiger partial charge on any atom is 0.148 e. The molecule has 6 heteroatoms. The van der Waals surface area contributed by atoms with Crippen LogP contribution in [0.4, 0.5) is 11.5 Å². The monoisotopic (exact) mass is 272 g/mol. The lowest BCUT2D eigenvalue weighted by Gasteiger charge is -2.24. The zero-order valence-corrected chi connectivity index (χ0v) is 12.6. The summed E-state index contributed by atoms with van der Waals surface area (Å²) in [5.41, 5.74) is 6.73. The first-order chi connectivity index (χ1) is 8.28. The Morgan fingerprint density at radius 1 is 1.56 bits per heavy atom. The minimum Gasteiger partial charge on any atom is -0.394 e. The van der Waals surface area contributed by atoms with E-state index in [2.05, 4.69) is 24.3 Å². The molecule has 0 amide bonds. The van der Waals surface area contributed by atoms with Gasteiger partial charge in [0.25, 0.3) is 0 Å². The van der Waals surface area contributed by atoms with Gasteiger partial charge in [-0.1, -0.05) is 0 Å². The zero-order valence-electron chi connectivity index (χ0n) is 11.8. The number of rotatable bonds is 6. The third kappa shape index (κ3) is 3.55. The van der Waals surface area contributed by atoms with E-state index in [1.807, 2.05) is 24.8 Å². The van der Waals surface area contributed by atoms with Crippen LogP contribution in [0.1, 0.15) is 32.5 Å². The summed E-state index contributed by atoms with van der Waals surface area (Å²) in [4.78, 5) is 0. The van der Waals surface area contributed by atoms with Gasteiger partial charge in [0.15, 0.2) is 0 Å². The number of thioether (sulfide) groups is 1. The van der Waals surface area contributed by atoms with E-state index in [-0.39, 0.29) is 6.04 Å². The Morgan fingerprint density at radius 2 is 2.17 bits per heavy atom. The predicted octanol–water partition coefficient (Wildman–Crippen LogP) is 1.88. The zero-order chi connectivity index (χ0) is 13.9. The summed E-state index contributed by atoms with van der Waals surface area (Å²) >= 11 is 1.62. The first-order valence-electron chi connectivity index (χ1n) is 6.08. The topological polar surface area (TPSA) is 76.1 Å². The Hall–Kier alpha value is -0.880. The van der Waals surface area contributed by atoms with Gasteiger partial charge in [-0.2, -0.15) is 16.9 Å². The highest BCUT2D eigenvalue weighted by atomic mass is 32.2. The van der Waals surface area contributed by atoms with Crippen LogP contribution in [0.2, 0.25) is 0 Å². The van der Waals surface area contributed by atoms with Gasteiger partial charge in [0.2, 0.25) is 0 Å². The van der Waals surface area contributed by atoms with Crippen LogP contribution in [0, 0.1) is 6.92 Å². The fraction of sp³-hybridized carbons (Fsp3) is 0.750. The van der Waals surface area contributed by atoms with E-state index in [1.165, 1.54) is 0 Å². The molecule has 0 spiro atoms. The quantitative estimate of drug-likeness (QED) is 0.737. The Labute approximate surface area is 113 Å². The number of nitrogens with two attached hydrogens (primary N) is 1. The van der Waals surface area contributed by atoms with Crippen molar-refractivity contribution in [1.82, 2.24) is 9.78 Å². The molecule has 5 nitrogen and oxygen atoms in total. The lowest BCUT2D eigenvalue weighted by Crippen LogP contribution is -2.36. The first kappa shape index (κ1) is 15.2. The molecule has 18 heavy (non-hydrogen) atoms. The standard InChI is InChI=1S/C12H24N4OS/c1-8(2)16-11(10(13)9(3)15-16)14-6-12(4,17)7-18-5/h8,14,17H,6-7,13H2,1-5H3. The van der Waals surface area contributed by atoms with Gasteiger partial charge in [0.1, 0.15) is 5.82 Å². The Bertz CT molecular complexity index is 401. The molecule has 0 aliphatic heterocycles. The van der Waals surface area contributed by atoms with Crippen molar-refractivity contribution in [3.8, 4) is 0 Å². The first-order valence-corrected chi connectivity index (χ1v) is 7.47. The van der Waals surface area contributed by atoms with Gasteiger partial charge >= 0.3 is 0 Å². The minimum atomic E-state index is -0.758. The highest BCUT2D eigenvalue weighted by molar-refractivity contribution is 7.98. The van der Waals surface area contributed by atoms with Gasteiger partial charge in [-0.3, -0.25) is 0 Å². The van der Waals surface area contributed by atoms with Crippen molar-refractivity contribution in [3.63, 3.8) is 0 Å². The summed E-state index contributed by atoms with van der Waals surface area (Å²) in [5.74, 6) is 1.47. The lowest BCUT2D eigenvalue weighted by atomic mass is 10.1. The van der Waals surface area contributed by atoms with Crippen molar-refractivity contribution in [2.75, 3.05) is 29.6 Å². The second-order valence-corrected chi connectivity index (χ2v) is 6.04. The van der Waals surface area contributed by atoms with Gasteiger partial charge in [0, 0.05) is 18.3 Å². The molecule has 0 saturated carbocycles. The normalized spacial score (nSPS) is 14.8. The van der Waals surface area contributed by atoms with E-state index in [0.717, 1.165) is 11.5 Å². The van der Waals surface area contributed by atoms with Crippen LogP contribution in [0.5, 0.6) is 0 Å². The molecule has 1 unspecified atom stereocenters. The number of hydrogen-bond acceptors (Lipinski definition) is 5. The van der Waals surface area contributed by atoms with Crippen molar-refractivity contribution in [3.05, 3.63) is 5.69 Å². The molecule has 1 heterocycles. The molecule has 0 saturated heterocycles. The van der Waals surface area contributed by atoms with E-state index in [4.69, 9.17) is 5.73 Å². The Kier molecular flexibility index (Phi) is 4.92. The summed E-state index contributed by atoms with van der Waals surface area (Å²) in [7, 11) is 0. The second kappa shape index (κ2) is 5.84. The van der Waals surface area contributed by atoms with Gasteiger partial charge in [0.05, 0.1) is 17.0 Å². The largest absolute Gasteiger partial charge is 0.394 e. The number of anilines is 2. The Morgan fingerprint density at radius 3 is 2.67 bits per heavy atom. The molecule has 0 aliphatic rings. The van der Waals surface area contributed by atoms with Gasteiger partial charge in [-0.15, -0.1) is 0 Å². The molecular weight excluding hydrogens is 248 g/mol. The molecule has 0 fully saturated rings. The fourth-order valence-corrected chi connectivity index (χ4v) is 2.47. The van der Waals surface area contributed by atoms with Crippen molar-refractivity contribution >= 4 is 23.3 Å². The van der Waals surface area contributed by atoms with E-state index in [0.29, 0.717) is 18.0 Å². The van der Waals surface area contributed by atoms with Crippen LogP contribution in [-0.2, 0) is 0 Å². The summed E-state index contributed by atoms with van der Waals surface area (Å²) in [6.07, 6.45) is 1.98.